The highest BCUT2D eigenvalue weighted by molar-refractivity contribution is 6.04. The lowest BCUT2D eigenvalue weighted by atomic mass is 9.84. The number of benzene rings is 4. The summed E-state index contributed by atoms with van der Waals surface area (Å²) >= 11 is 0. The van der Waals surface area contributed by atoms with Crippen LogP contribution in [0.2, 0.25) is 0 Å². The number of likely N-dealkylation sites (N-methyl/N-ethyl adjacent to an activating group) is 1. The molecule has 0 radical (unpaired) electrons. The van der Waals surface area contributed by atoms with Gasteiger partial charge in [-0.15, -0.1) is 0 Å². The van der Waals surface area contributed by atoms with Crippen molar-refractivity contribution in [1.29, 1.82) is 5.41 Å². The van der Waals surface area contributed by atoms with Crippen molar-refractivity contribution in [2.75, 3.05) is 20.7 Å². The minimum Gasteiger partial charge on any atom is -0.496 e. The van der Waals surface area contributed by atoms with Crippen LogP contribution in [0.4, 0.5) is 0 Å². The second-order valence-electron chi connectivity index (χ2n) is 11.4. The number of rotatable bonds is 6. The Morgan fingerprint density at radius 2 is 1.74 bits per heavy atom. The highest BCUT2D eigenvalue weighted by Gasteiger charge is 2.41. The van der Waals surface area contributed by atoms with Crippen LogP contribution in [0.1, 0.15) is 66.0 Å². The maximum absolute atomic E-state index is 7.98. The largest absolute Gasteiger partial charge is 0.496 e. The molecule has 1 heterocycles. The smallest absolute Gasteiger partial charge is 0.126 e. The maximum atomic E-state index is 7.98. The van der Waals surface area contributed by atoms with E-state index in [1.165, 1.54) is 34.1 Å². The SMILES string of the molecule is COc1ccccc1-c1cc(C2CC2c2ccc3c(c2)C(C(C)C)N(C)CC3)cc2ccc(C(=N)N)cc12. The fourth-order valence-corrected chi connectivity index (χ4v) is 6.67. The molecule has 4 aromatic carbocycles. The molecule has 0 saturated heterocycles. The van der Waals surface area contributed by atoms with Gasteiger partial charge < -0.3 is 10.5 Å². The quantitative estimate of drug-likeness (QED) is 0.215. The molecule has 3 N–H and O–H groups in total. The van der Waals surface area contributed by atoms with Gasteiger partial charge >= 0.3 is 0 Å². The van der Waals surface area contributed by atoms with E-state index in [1.54, 1.807) is 7.11 Å². The zero-order valence-electron chi connectivity index (χ0n) is 22.8. The first-order valence-electron chi connectivity index (χ1n) is 13.7. The highest BCUT2D eigenvalue weighted by Crippen LogP contribution is 2.56. The van der Waals surface area contributed by atoms with Gasteiger partial charge in [-0.1, -0.05) is 74.5 Å². The van der Waals surface area contributed by atoms with Gasteiger partial charge in [0.2, 0.25) is 0 Å². The minimum absolute atomic E-state index is 0.0852. The first kappa shape index (κ1) is 24.7. The first-order chi connectivity index (χ1) is 18.4. The molecule has 4 nitrogen and oxygen atoms in total. The van der Waals surface area contributed by atoms with Crippen molar-refractivity contribution in [1.82, 2.24) is 4.90 Å². The van der Waals surface area contributed by atoms with Gasteiger partial charge in [0.25, 0.3) is 0 Å². The number of nitrogen functional groups attached to an aromatic ring is 1. The Morgan fingerprint density at radius 1 is 0.947 bits per heavy atom. The van der Waals surface area contributed by atoms with Crippen LogP contribution in [-0.2, 0) is 6.42 Å². The number of para-hydroxylation sites is 1. The number of nitrogens with one attached hydrogen (secondary N) is 1. The lowest BCUT2D eigenvalue weighted by Gasteiger charge is -2.37. The summed E-state index contributed by atoms with van der Waals surface area (Å²) in [6.07, 6.45) is 2.31. The van der Waals surface area contributed by atoms with E-state index in [4.69, 9.17) is 15.9 Å². The predicted molar refractivity (Wildman–Crippen MR) is 157 cm³/mol. The number of hydrogen-bond donors (Lipinski definition) is 2. The Bertz CT molecular complexity index is 1540. The molecule has 4 heteroatoms. The van der Waals surface area contributed by atoms with E-state index >= 15 is 0 Å². The van der Waals surface area contributed by atoms with Gasteiger partial charge in [-0.2, -0.15) is 0 Å². The summed E-state index contributed by atoms with van der Waals surface area (Å²) in [4.78, 5) is 2.53. The summed E-state index contributed by atoms with van der Waals surface area (Å²) in [6.45, 7) is 5.82. The van der Waals surface area contributed by atoms with Crippen molar-refractivity contribution >= 4 is 16.6 Å². The molecule has 38 heavy (non-hydrogen) atoms. The Kier molecular flexibility index (Phi) is 6.23. The fourth-order valence-electron chi connectivity index (χ4n) is 6.67. The van der Waals surface area contributed by atoms with Crippen LogP contribution in [0, 0.1) is 11.3 Å². The number of fused-ring (bicyclic) bond motifs is 2. The van der Waals surface area contributed by atoms with E-state index in [9.17, 15) is 0 Å². The van der Waals surface area contributed by atoms with E-state index < -0.39 is 0 Å². The van der Waals surface area contributed by atoms with Crippen molar-refractivity contribution in [2.45, 2.75) is 44.6 Å². The molecule has 3 atom stereocenters. The normalized spacial score (nSPS) is 20.9. The number of ether oxygens (including phenoxy) is 1. The summed E-state index contributed by atoms with van der Waals surface area (Å²) in [5, 5.41) is 10.2. The summed E-state index contributed by atoms with van der Waals surface area (Å²) in [6, 6.07) is 26.8. The standard InChI is InChI=1S/C34H37N3O/c1-20(2)33-30-16-23(10-9-21(30)13-14-37(33)3)28-19-29(28)25-15-22-11-12-24(34(35)36)17-27(22)31(18-25)26-7-5-6-8-32(26)38-4/h5-12,15-18,20,28-29,33H,13-14,19H2,1-4H3,(H3,35,36). The molecule has 1 aliphatic heterocycles. The van der Waals surface area contributed by atoms with Gasteiger partial charge in [-0.05, 0) is 88.4 Å². The second kappa shape index (κ2) is 9.59. The lowest BCUT2D eigenvalue weighted by Crippen LogP contribution is -2.35. The molecule has 0 aromatic heterocycles. The van der Waals surface area contributed by atoms with Crippen LogP contribution in [0.5, 0.6) is 5.75 Å². The average Bonchev–Trinajstić information content (AvgIpc) is 3.72. The topological polar surface area (TPSA) is 62.3 Å². The van der Waals surface area contributed by atoms with Crippen molar-refractivity contribution in [3.8, 4) is 16.9 Å². The van der Waals surface area contributed by atoms with E-state index in [2.05, 4.69) is 74.3 Å². The molecule has 0 bridgehead atoms. The molecule has 4 aromatic rings. The molecule has 1 aliphatic carbocycles. The average molecular weight is 504 g/mol. The molecule has 1 saturated carbocycles. The molecule has 0 spiro atoms. The Hall–Kier alpha value is -3.63. The summed E-state index contributed by atoms with van der Waals surface area (Å²) in [5.74, 6) is 2.57. The van der Waals surface area contributed by atoms with Crippen LogP contribution < -0.4 is 10.5 Å². The number of hydrogen-bond acceptors (Lipinski definition) is 3. The molecule has 0 amide bonds. The van der Waals surface area contributed by atoms with E-state index in [1.807, 2.05) is 24.3 Å². The second-order valence-corrected chi connectivity index (χ2v) is 11.4. The van der Waals surface area contributed by atoms with Gasteiger partial charge in [0.1, 0.15) is 11.6 Å². The van der Waals surface area contributed by atoms with Crippen LogP contribution in [0.15, 0.2) is 72.8 Å². The van der Waals surface area contributed by atoms with Gasteiger partial charge in [0, 0.05) is 23.7 Å². The Balaban J connectivity index is 1.42. The van der Waals surface area contributed by atoms with Crippen molar-refractivity contribution in [2.24, 2.45) is 11.7 Å². The van der Waals surface area contributed by atoms with Crippen molar-refractivity contribution < 1.29 is 4.74 Å². The van der Waals surface area contributed by atoms with E-state index in [-0.39, 0.29) is 5.84 Å². The third-order valence-electron chi connectivity index (χ3n) is 8.66. The van der Waals surface area contributed by atoms with Crippen molar-refractivity contribution in [3.05, 3.63) is 101 Å². The van der Waals surface area contributed by atoms with Crippen LogP contribution in [-0.4, -0.2) is 31.4 Å². The third kappa shape index (κ3) is 4.27. The molecule has 3 unspecified atom stereocenters. The molecular weight excluding hydrogens is 466 g/mol. The molecule has 1 fully saturated rings. The summed E-state index contributed by atoms with van der Waals surface area (Å²) in [7, 11) is 3.99. The summed E-state index contributed by atoms with van der Waals surface area (Å²) < 4.78 is 5.75. The van der Waals surface area contributed by atoms with Crippen molar-refractivity contribution in [3.63, 3.8) is 0 Å². The molecular formula is C34H37N3O. The van der Waals surface area contributed by atoms with Crippen LogP contribution in [0.3, 0.4) is 0 Å². The van der Waals surface area contributed by atoms with Crippen LogP contribution >= 0.6 is 0 Å². The maximum Gasteiger partial charge on any atom is 0.126 e. The Morgan fingerprint density at radius 3 is 2.50 bits per heavy atom. The number of amidine groups is 1. The van der Waals surface area contributed by atoms with Gasteiger partial charge in [0.05, 0.1) is 7.11 Å². The van der Waals surface area contributed by atoms with Gasteiger partial charge in [-0.25, -0.2) is 0 Å². The third-order valence-corrected chi connectivity index (χ3v) is 8.66. The number of nitrogens with two attached hydrogens (primary N) is 1. The Labute approximate surface area is 225 Å². The predicted octanol–water partition coefficient (Wildman–Crippen LogP) is 7.26. The van der Waals surface area contributed by atoms with E-state index in [0.29, 0.717) is 23.8 Å². The summed E-state index contributed by atoms with van der Waals surface area (Å²) in [5.41, 5.74) is 14.7. The monoisotopic (exact) mass is 503 g/mol. The number of nitrogens with zero attached hydrogens (tertiary/aromatic N) is 1. The highest BCUT2D eigenvalue weighted by atomic mass is 16.5. The first-order valence-corrected chi connectivity index (χ1v) is 13.7. The molecule has 194 valence electrons. The zero-order valence-corrected chi connectivity index (χ0v) is 22.8. The zero-order chi connectivity index (χ0) is 26.6. The van der Waals surface area contributed by atoms with E-state index in [0.717, 1.165) is 40.8 Å². The van der Waals surface area contributed by atoms with Gasteiger partial charge in [0.15, 0.2) is 0 Å². The fraction of sp³-hybridized carbons (Fsp3) is 0.324. The lowest BCUT2D eigenvalue weighted by molar-refractivity contribution is 0.181. The number of methoxy groups -OCH3 is 1. The molecule has 6 rings (SSSR count). The van der Waals surface area contributed by atoms with Gasteiger partial charge in [-0.3, -0.25) is 10.3 Å². The molecule has 2 aliphatic rings. The minimum atomic E-state index is 0.0852. The van der Waals surface area contributed by atoms with Crippen LogP contribution in [0.25, 0.3) is 21.9 Å².